The van der Waals surface area contributed by atoms with Crippen LogP contribution in [0.15, 0.2) is 24.5 Å². The summed E-state index contributed by atoms with van der Waals surface area (Å²) in [7, 11) is 3.28. The third-order valence-corrected chi connectivity index (χ3v) is 4.30. The summed E-state index contributed by atoms with van der Waals surface area (Å²) in [5.74, 6) is 2.22. The van der Waals surface area contributed by atoms with Crippen molar-refractivity contribution in [3.63, 3.8) is 0 Å². The summed E-state index contributed by atoms with van der Waals surface area (Å²) in [5, 5.41) is 3.36. The highest BCUT2D eigenvalue weighted by atomic mass is 127. The molecule has 132 valence electrons. The Bertz CT molecular complexity index is 872. The first-order valence-corrected chi connectivity index (χ1v) is 8.95. The minimum Gasteiger partial charge on any atom is -0.497 e. The lowest BCUT2D eigenvalue weighted by molar-refractivity contribution is 0.393. The monoisotopic (exact) mass is 453 g/mol. The second-order valence-electron chi connectivity index (χ2n) is 5.83. The Labute approximate surface area is 159 Å². The van der Waals surface area contributed by atoms with Gasteiger partial charge in [0.2, 0.25) is 0 Å². The highest BCUT2D eigenvalue weighted by molar-refractivity contribution is 14.1. The van der Waals surface area contributed by atoms with Crippen molar-refractivity contribution in [2.75, 3.05) is 19.5 Å². The van der Waals surface area contributed by atoms with E-state index >= 15 is 0 Å². The SMILES string of the molecule is COc1cc(CNc2nc(I)nc3c2ncn3C(C)C)cc(OC)c1. The standard InChI is InChI=1S/C17H20IN5O2/c1-10(2)23-9-20-14-15(21-17(18)22-16(14)23)19-8-11-5-12(24-3)7-13(6-11)25-4/h5-7,9-10H,8H2,1-4H3,(H,19,21,22). The van der Waals surface area contributed by atoms with E-state index in [0.29, 0.717) is 10.4 Å². The number of aromatic nitrogens is 4. The molecule has 0 fully saturated rings. The number of hydrogen-bond acceptors (Lipinski definition) is 6. The second kappa shape index (κ2) is 7.42. The number of imidazole rings is 1. The fourth-order valence-electron chi connectivity index (χ4n) is 2.55. The Balaban J connectivity index is 1.91. The third-order valence-electron chi connectivity index (χ3n) is 3.82. The molecule has 0 atom stereocenters. The van der Waals surface area contributed by atoms with Crippen molar-refractivity contribution in [2.45, 2.75) is 26.4 Å². The maximum absolute atomic E-state index is 5.32. The highest BCUT2D eigenvalue weighted by Gasteiger charge is 2.14. The van der Waals surface area contributed by atoms with Crippen LogP contribution in [0.4, 0.5) is 5.82 Å². The molecule has 0 saturated carbocycles. The fraction of sp³-hybridized carbons (Fsp3) is 0.353. The molecule has 3 rings (SSSR count). The largest absolute Gasteiger partial charge is 0.497 e. The summed E-state index contributed by atoms with van der Waals surface area (Å²) in [5.41, 5.74) is 2.63. The van der Waals surface area contributed by atoms with E-state index in [1.54, 1.807) is 20.5 Å². The van der Waals surface area contributed by atoms with E-state index in [2.05, 4.69) is 56.7 Å². The fourth-order valence-corrected chi connectivity index (χ4v) is 3.02. The lowest BCUT2D eigenvalue weighted by Gasteiger charge is -2.11. The van der Waals surface area contributed by atoms with Gasteiger partial charge in [0.1, 0.15) is 11.5 Å². The van der Waals surface area contributed by atoms with E-state index in [1.165, 1.54) is 0 Å². The molecule has 8 heteroatoms. The summed E-state index contributed by atoms with van der Waals surface area (Å²) >= 11 is 2.12. The van der Waals surface area contributed by atoms with Gasteiger partial charge >= 0.3 is 0 Å². The molecule has 0 aliphatic rings. The van der Waals surface area contributed by atoms with Gasteiger partial charge in [-0.2, -0.15) is 0 Å². The van der Waals surface area contributed by atoms with Gasteiger partial charge in [0, 0.05) is 41.2 Å². The average Bonchev–Trinajstić information content (AvgIpc) is 3.03. The molecule has 2 heterocycles. The van der Waals surface area contributed by atoms with Crippen LogP contribution in [-0.2, 0) is 6.54 Å². The zero-order valence-electron chi connectivity index (χ0n) is 14.6. The smallest absolute Gasteiger partial charge is 0.194 e. The zero-order valence-corrected chi connectivity index (χ0v) is 16.7. The van der Waals surface area contributed by atoms with Crippen LogP contribution in [0.25, 0.3) is 11.2 Å². The number of hydrogen-bond donors (Lipinski definition) is 1. The Morgan fingerprint density at radius 1 is 1.12 bits per heavy atom. The number of fused-ring (bicyclic) bond motifs is 1. The van der Waals surface area contributed by atoms with Crippen LogP contribution in [0.5, 0.6) is 11.5 Å². The minimum atomic E-state index is 0.284. The number of anilines is 1. The zero-order chi connectivity index (χ0) is 18.0. The second-order valence-corrected chi connectivity index (χ2v) is 6.80. The molecule has 1 N–H and O–H groups in total. The third kappa shape index (κ3) is 3.78. The topological polar surface area (TPSA) is 74.1 Å². The Morgan fingerprint density at radius 2 is 1.80 bits per heavy atom. The molecule has 0 aliphatic carbocycles. The molecule has 7 nitrogen and oxygen atoms in total. The van der Waals surface area contributed by atoms with Crippen LogP contribution < -0.4 is 14.8 Å². The first kappa shape index (κ1) is 17.7. The number of halogens is 1. The predicted octanol–water partition coefficient (Wildman–Crippen LogP) is 3.64. The van der Waals surface area contributed by atoms with E-state index in [1.807, 2.05) is 22.8 Å². The van der Waals surface area contributed by atoms with Gasteiger partial charge in [0.25, 0.3) is 0 Å². The van der Waals surface area contributed by atoms with Gasteiger partial charge in [-0.05, 0) is 31.5 Å². The predicted molar refractivity (Wildman–Crippen MR) is 105 cm³/mol. The Kier molecular flexibility index (Phi) is 5.26. The summed E-state index contributed by atoms with van der Waals surface area (Å²) in [6.07, 6.45) is 1.81. The normalized spacial score (nSPS) is 11.1. The van der Waals surface area contributed by atoms with Crippen LogP contribution in [-0.4, -0.2) is 33.7 Å². The van der Waals surface area contributed by atoms with Gasteiger partial charge in [-0.15, -0.1) is 0 Å². The van der Waals surface area contributed by atoms with Crippen molar-refractivity contribution in [2.24, 2.45) is 0 Å². The maximum Gasteiger partial charge on any atom is 0.194 e. The Hall–Kier alpha value is -2.10. The molecule has 1 aromatic carbocycles. The van der Waals surface area contributed by atoms with Crippen molar-refractivity contribution >= 4 is 39.6 Å². The van der Waals surface area contributed by atoms with E-state index in [4.69, 9.17) is 9.47 Å². The number of nitrogens with one attached hydrogen (secondary N) is 1. The molecule has 0 bridgehead atoms. The first-order valence-electron chi connectivity index (χ1n) is 7.87. The van der Waals surface area contributed by atoms with E-state index in [0.717, 1.165) is 34.0 Å². The van der Waals surface area contributed by atoms with Crippen LogP contribution in [0.1, 0.15) is 25.5 Å². The molecule has 3 aromatic rings. The van der Waals surface area contributed by atoms with Crippen LogP contribution in [0, 0.1) is 3.83 Å². The average molecular weight is 453 g/mol. The summed E-state index contributed by atoms with van der Waals surface area (Å²) in [6, 6.07) is 6.06. The van der Waals surface area contributed by atoms with Crippen molar-refractivity contribution in [3.05, 3.63) is 33.9 Å². The summed E-state index contributed by atoms with van der Waals surface area (Å²) < 4.78 is 13.4. The number of nitrogens with zero attached hydrogens (tertiary/aromatic N) is 4. The molecule has 0 spiro atoms. The van der Waals surface area contributed by atoms with Crippen molar-refractivity contribution in [3.8, 4) is 11.5 Å². The molecule has 0 saturated heterocycles. The van der Waals surface area contributed by atoms with Crippen LogP contribution in [0.2, 0.25) is 0 Å². The van der Waals surface area contributed by atoms with E-state index in [-0.39, 0.29) is 6.04 Å². The first-order chi connectivity index (χ1) is 12.0. The van der Waals surface area contributed by atoms with Gasteiger partial charge in [-0.25, -0.2) is 15.0 Å². The number of ether oxygens (including phenoxy) is 2. The Morgan fingerprint density at radius 3 is 2.40 bits per heavy atom. The number of methoxy groups -OCH3 is 2. The van der Waals surface area contributed by atoms with E-state index in [9.17, 15) is 0 Å². The van der Waals surface area contributed by atoms with Crippen LogP contribution in [0.3, 0.4) is 0 Å². The quantitative estimate of drug-likeness (QED) is 0.454. The van der Waals surface area contributed by atoms with Crippen molar-refractivity contribution in [1.29, 1.82) is 0 Å². The van der Waals surface area contributed by atoms with Gasteiger partial charge in [-0.1, -0.05) is 0 Å². The molecule has 2 aromatic heterocycles. The molecule has 0 aliphatic heterocycles. The minimum absolute atomic E-state index is 0.284. The maximum atomic E-state index is 5.32. The summed E-state index contributed by atoms with van der Waals surface area (Å²) in [6.45, 7) is 4.78. The number of benzene rings is 1. The highest BCUT2D eigenvalue weighted by Crippen LogP contribution is 2.25. The van der Waals surface area contributed by atoms with Gasteiger partial charge in [0.05, 0.1) is 20.5 Å². The van der Waals surface area contributed by atoms with Gasteiger partial charge < -0.3 is 19.4 Å². The molecular weight excluding hydrogens is 433 g/mol. The van der Waals surface area contributed by atoms with Gasteiger partial charge in [-0.3, -0.25) is 0 Å². The molecule has 0 radical (unpaired) electrons. The van der Waals surface area contributed by atoms with E-state index < -0.39 is 0 Å². The van der Waals surface area contributed by atoms with Crippen molar-refractivity contribution in [1.82, 2.24) is 19.5 Å². The lowest BCUT2D eigenvalue weighted by atomic mass is 10.2. The van der Waals surface area contributed by atoms with Crippen molar-refractivity contribution < 1.29 is 9.47 Å². The summed E-state index contributed by atoms with van der Waals surface area (Å²) in [4.78, 5) is 13.5. The molecular formula is C17H20IN5O2. The molecule has 0 amide bonds. The van der Waals surface area contributed by atoms with Crippen LogP contribution >= 0.6 is 22.6 Å². The van der Waals surface area contributed by atoms with Gasteiger partial charge in [0.15, 0.2) is 20.8 Å². The number of rotatable bonds is 6. The molecule has 25 heavy (non-hydrogen) atoms. The molecule has 0 unspecified atom stereocenters. The lowest BCUT2D eigenvalue weighted by Crippen LogP contribution is -2.06.